The molecule has 0 bridgehead atoms. The Balaban J connectivity index is 1.86. The Bertz CT molecular complexity index is 668. The van der Waals surface area contributed by atoms with Crippen molar-refractivity contribution in [1.82, 2.24) is 10.2 Å². The number of hydrogen-bond acceptors (Lipinski definition) is 3. The van der Waals surface area contributed by atoms with Gasteiger partial charge in [0.1, 0.15) is 17.2 Å². The smallest absolute Gasteiger partial charge is 0.410 e. The van der Waals surface area contributed by atoms with Crippen LogP contribution in [-0.4, -0.2) is 42.3 Å². The van der Waals surface area contributed by atoms with Gasteiger partial charge in [0.25, 0.3) is 0 Å². The van der Waals surface area contributed by atoms with E-state index in [0.29, 0.717) is 25.2 Å². The number of hydrogen-bond donors (Lipinski definition) is 1. The lowest BCUT2D eigenvalue weighted by Gasteiger charge is -2.28. The summed E-state index contributed by atoms with van der Waals surface area (Å²) in [5.41, 5.74) is 0.787. The Morgan fingerprint density at radius 2 is 2.12 bits per heavy atom. The summed E-state index contributed by atoms with van der Waals surface area (Å²) >= 11 is 0. The van der Waals surface area contributed by atoms with Crippen molar-refractivity contribution >= 4 is 12.2 Å². The predicted molar refractivity (Wildman–Crippen MR) is 98.8 cm³/mol. The molecule has 1 aromatic carbocycles. The lowest BCUT2D eigenvalue weighted by Crippen LogP contribution is -2.44. The second-order valence-electron chi connectivity index (χ2n) is 7.76. The number of carbonyl (C=O) groups is 1. The van der Waals surface area contributed by atoms with Gasteiger partial charge in [-0.3, -0.25) is 0 Å². The van der Waals surface area contributed by atoms with E-state index in [-0.39, 0.29) is 12.1 Å². The van der Waals surface area contributed by atoms with Crippen LogP contribution in [-0.2, 0) is 4.74 Å². The van der Waals surface area contributed by atoms with Crippen LogP contribution in [0.1, 0.15) is 46.1 Å². The molecular formula is C20H28F2N2O2. The molecule has 0 aliphatic carbocycles. The fraction of sp³-hybridized carbons (Fsp3) is 0.550. The van der Waals surface area contributed by atoms with Crippen molar-refractivity contribution in [2.24, 2.45) is 0 Å². The van der Waals surface area contributed by atoms with E-state index in [1.165, 1.54) is 12.1 Å². The van der Waals surface area contributed by atoms with Crippen molar-refractivity contribution in [3.05, 3.63) is 41.0 Å². The quantitative estimate of drug-likeness (QED) is 0.842. The van der Waals surface area contributed by atoms with E-state index in [0.717, 1.165) is 24.5 Å². The third-order valence-electron chi connectivity index (χ3n) is 4.15. The minimum absolute atomic E-state index is 0.0974. The van der Waals surface area contributed by atoms with Gasteiger partial charge in [-0.2, -0.15) is 0 Å². The van der Waals surface area contributed by atoms with Gasteiger partial charge in [-0.15, -0.1) is 0 Å². The van der Waals surface area contributed by atoms with Crippen LogP contribution in [0.2, 0.25) is 0 Å². The maximum absolute atomic E-state index is 13.7. The van der Waals surface area contributed by atoms with Crippen LogP contribution >= 0.6 is 0 Å². The van der Waals surface area contributed by atoms with Gasteiger partial charge in [0.2, 0.25) is 0 Å². The Morgan fingerprint density at radius 1 is 1.38 bits per heavy atom. The summed E-state index contributed by atoms with van der Waals surface area (Å²) in [5.74, 6) is -1.16. The van der Waals surface area contributed by atoms with Gasteiger partial charge in [-0.25, -0.2) is 13.6 Å². The minimum Gasteiger partial charge on any atom is -0.444 e. The zero-order valence-electron chi connectivity index (χ0n) is 15.9. The third kappa shape index (κ3) is 6.09. The number of nitrogens with one attached hydrogen (secondary N) is 1. The SMILES string of the molecule is CC(=Cc1ccc(F)cc1F)CNC[C@H]1CCCN1C(=O)OC(C)(C)C. The summed E-state index contributed by atoms with van der Waals surface area (Å²) in [4.78, 5) is 14.0. The normalized spacial score (nSPS) is 18.3. The summed E-state index contributed by atoms with van der Waals surface area (Å²) in [6.07, 6.45) is 3.31. The number of likely N-dealkylation sites (tertiary alicyclic amines) is 1. The molecule has 1 heterocycles. The first-order valence-electron chi connectivity index (χ1n) is 8.98. The van der Waals surface area contributed by atoms with Crippen molar-refractivity contribution in [2.45, 2.75) is 52.2 Å². The van der Waals surface area contributed by atoms with E-state index in [9.17, 15) is 13.6 Å². The molecule has 144 valence electrons. The van der Waals surface area contributed by atoms with Gasteiger partial charge in [-0.1, -0.05) is 11.6 Å². The summed E-state index contributed by atoms with van der Waals surface area (Å²) in [6, 6.07) is 3.65. The molecule has 0 unspecified atom stereocenters. The molecule has 1 atom stereocenters. The van der Waals surface area contributed by atoms with E-state index in [4.69, 9.17) is 4.74 Å². The van der Waals surface area contributed by atoms with Gasteiger partial charge < -0.3 is 15.0 Å². The van der Waals surface area contributed by atoms with E-state index in [1.807, 2.05) is 27.7 Å². The van der Waals surface area contributed by atoms with Gasteiger partial charge in [0.05, 0.1) is 0 Å². The lowest BCUT2D eigenvalue weighted by atomic mass is 10.1. The maximum Gasteiger partial charge on any atom is 0.410 e. The predicted octanol–water partition coefficient (Wildman–Crippen LogP) is 4.36. The Kier molecular flexibility index (Phi) is 6.75. The zero-order valence-corrected chi connectivity index (χ0v) is 15.9. The molecule has 4 nitrogen and oxygen atoms in total. The molecule has 1 saturated heterocycles. The average Bonchev–Trinajstić information content (AvgIpc) is 2.97. The number of carbonyl (C=O) groups excluding carboxylic acids is 1. The zero-order chi connectivity index (χ0) is 19.3. The maximum atomic E-state index is 13.7. The minimum atomic E-state index is -0.584. The van der Waals surface area contributed by atoms with Crippen molar-refractivity contribution in [2.75, 3.05) is 19.6 Å². The Labute approximate surface area is 154 Å². The van der Waals surface area contributed by atoms with Crippen LogP contribution in [0.3, 0.4) is 0 Å². The standard InChI is InChI=1S/C20H28F2N2O2/c1-14(10-15-7-8-16(21)11-18(15)22)12-23-13-17-6-5-9-24(17)19(25)26-20(2,3)4/h7-8,10-11,17,23H,5-6,9,12-13H2,1-4H3/t17-/m1/s1. The second kappa shape index (κ2) is 8.62. The summed E-state index contributed by atoms with van der Waals surface area (Å²) < 4.78 is 32.1. The first-order valence-corrected chi connectivity index (χ1v) is 8.98. The second-order valence-corrected chi connectivity index (χ2v) is 7.76. The van der Waals surface area contributed by atoms with Crippen molar-refractivity contribution in [3.63, 3.8) is 0 Å². The number of rotatable bonds is 5. The highest BCUT2D eigenvalue weighted by molar-refractivity contribution is 5.69. The molecular weight excluding hydrogens is 338 g/mol. The van der Waals surface area contributed by atoms with E-state index < -0.39 is 17.2 Å². The van der Waals surface area contributed by atoms with Crippen LogP contribution in [0.5, 0.6) is 0 Å². The van der Waals surface area contributed by atoms with Crippen LogP contribution < -0.4 is 5.32 Å². The number of benzene rings is 1. The number of halogens is 2. The van der Waals surface area contributed by atoms with Crippen molar-refractivity contribution in [3.8, 4) is 0 Å². The van der Waals surface area contributed by atoms with Gasteiger partial charge in [0, 0.05) is 37.3 Å². The van der Waals surface area contributed by atoms with Crippen molar-refractivity contribution in [1.29, 1.82) is 0 Å². The fourth-order valence-corrected chi connectivity index (χ4v) is 2.98. The van der Waals surface area contributed by atoms with Crippen LogP contribution in [0, 0.1) is 11.6 Å². The molecule has 1 aliphatic heterocycles. The molecule has 0 saturated carbocycles. The van der Waals surface area contributed by atoms with Crippen LogP contribution in [0.25, 0.3) is 6.08 Å². The first kappa shape index (κ1) is 20.4. The summed E-state index contributed by atoms with van der Waals surface area (Å²) in [5, 5.41) is 3.31. The molecule has 0 radical (unpaired) electrons. The Hall–Kier alpha value is -1.95. The fourth-order valence-electron chi connectivity index (χ4n) is 2.98. The Morgan fingerprint density at radius 3 is 2.77 bits per heavy atom. The third-order valence-corrected chi connectivity index (χ3v) is 4.15. The van der Waals surface area contributed by atoms with E-state index in [1.54, 1.807) is 11.0 Å². The topological polar surface area (TPSA) is 41.6 Å². The molecule has 1 aromatic rings. The highest BCUT2D eigenvalue weighted by Crippen LogP contribution is 2.20. The summed E-state index contributed by atoms with van der Waals surface area (Å²) in [6.45, 7) is 9.38. The van der Waals surface area contributed by atoms with Gasteiger partial charge in [-0.05, 0) is 52.7 Å². The van der Waals surface area contributed by atoms with Gasteiger partial charge in [0.15, 0.2) is 0 Å². The highest BCUT2D eigenvalue weighted by Gasteiger charge is 2.31. The largest absolute Gasteiger partial charge is 0.444 e. The molecule has 1 fully saturated rings. The first-order chi connectivity index (χ1) is 12.2. The molecule has 1 amide bonds. The van der Waals surface area contributed by atoms with E-state index in [2.05, 4.69) is 5.32 Å². The van der Waals surface area contributed by atoms with Crippen LogP contribution in [0.4, 0.5) is 13.6 Å². The number of amides is 1. The van der Waals surface area contributed by atoms with Crippen molar-refractivity contribution < 1.29 is 18.3 Å². The molecule has 1 aliphatic rings. The van der Waals surface area contributed by atoms with Crippen LogP contribution in [0.15, 0.2) is 23.8 Å². The molecule has 0 spiro atoms. The highest BCUT2D eigenvalue weighted by atomic mass is 19.1. The molecule has 1 N–H and O–H groups in total. The molecule has 6 heteroatoms. The molecule has 2 rings (SSSR count). The number of nitrogens with zero attached hydrogens (tertiary/aromatic N) is 1. The monoisotopic (exact) mass is 366 g/mol. The van der Waals surface area contributed by atoms with Gasteiger partial charge >= 0.3 is 6.09 Å². The lowest BCUT2D eigenvalue weighted by molar-refractivity contribution is 0.0227. The van der Waals surface area contributed by atoms with E-state index >= 15 is 0 Å². The number of ether oxygens (including phenoxy) is 1. The molecule has 26 heavy (non-hydrogen) atoms. The average molecular weight is 366 g/mol. The summed E-state index contributed by atoms with van der Waals surface area (Å²) in [7, 11) is 0. The molecule has 0 aromatic heterocycles.